The van der Waals surface area contributed by atoms with Gasteiger partial charge in [0.2, 0.25) is 0 Å². The molecule has 0 spiro atoms. The van der Waals surface area contributed by atoms with E-state index in [1.165, 1.54) is 27.8 Å². The van der Waals surface area contributed by atoms with Gasteiger partial charge in [-0.15, -0.1) is 11.8 Å². The number of hydrogen-bond acceptors (Lipinski definition) is 0. The summed E-state index contributed by atoms with van der Waals surface area (Å²) in [6.07, 6.45) is 20.3. The van der Waals surface area contributed by atoms with E-state index in [0.717, 1.165) is 5.56 Å². The van der Waals surface area contributed by atoms with Crippen LogP contribution in [0, 0.1) is 37.5 Å². The number of allylic oxidation sites excluding steroid dienone is 11. The van der Waals surface area contributed by atoms with Gasteiger partial charge in [-0.2, -0.15) is 0 Å². The minimum atomic E-state index is 1.09. The fourth-order valence-corrected chi connectivity index (χ4v) is 2.42. The van der Waals surface area contributed by atoms with Gasteiger partial charge in [-0.3, -0.25) is 0 Å². The maximum atomic E-state index is 2.98. The van der Waals surface area contributed by atoms with Gasteiger partial charge in [0, 0.05) is 5.56 Å². The highest BCUT2D eigenvalue weighted by atomic mass is 13.9. The number of rotatable bonds is 4. The summed E-state index contributed by atoms with van der Waals surface area (Å²) >= 11 is 0. The van der Waals surface area contributed by atoms with Crippen molar-refractivity contribution in [1.29, 1.82) is 0 Å². The normalized spacial score (nSPS) is 10.9. The first-order valence-electron chi connectivity index (χ1n) is 13.1. The third kappa shape index (κ3) is 23.7. The van der Waals surface area contributed by atoms with Crippen molar-refractivity contribution in [1.82, 2.24) is 0 Å². The van der Waals surface area contributed by atoms with Crippen LogP contribution in [0.25, 0.3) is 6.08 Å². The van der Waals surface area contributed by atoms with E-state index >= 15 is 0 Å². The lowest BCUT2D eigenvalue weighted by atomic mass is 10.1. The van der Waals surface area contributed by atoms with Crippen molar-refractivity contribution in [3.8, 4) is 23.7 Å². The summed E-state index contributed by atoms with van der Waals surface area (Å²) in [5.41, 5.74) is 7.50. The van der Waals surface area contributed by atoms with E-state index in [1.807, 2.05) is 103 Å². The first-order valence-corrected chi connectivity index (χ1v) is 13.1. The minimum Gasteiger partial charge on any atom is -0.102 e. The SMILES string of the molecule is C/C=C/C=C/C(C)=C/C.C/C=C/c1ccc(C)cc1.CC#C/C=C/C(C)=C/C.CC#Cc1ccc(C)cc1. The molecule has 0 aliphatic heterocycles. The summed E-state index contributed by atoms with van der Waals surface area (Å²) in [6.45, 7) is 20.1. The van der Waals surface area contributed by atoms with Crippen molar-refractivity contribution >= 4 is 6.08 Å². The topological polar surface area (TPSA) is 0 Å². The summed E-state index contributed by atoms with van der Waals surface area (Å²) in [4.78, 5) is 0. The Morgan fingerprint density at radius 1 is 0.632 bits per heavy atom. The van der Waals surface area contributed by atoms with Gasteiger partial charge in [0.1, 0.15) is 0 Å². The van der Waals surface area contributed by atoms with Crippen LogP contribution >= 0.6 is 0 Å². The Hall–Kier alpha value is -4.00. The molecule has 200 valence electrons. The van der Waals surface area contributed by atoms with Crippen molar-refractivity contribution in [3.05, 3.63) is 137 Å². The molecular formula is C38H48. The highest BCUT2D eigenvalue weighted by molar-refractivity contribution is 5.49. The highest BCUT2D eigenvalue weighted by Gasteiger charge is 1.84. The Labute approximate surface area is 235 Å². The Morgan fingerprint density at radius 2 is 1.16 bits per heavy atom. The molecule has 0 aliphatic carbocycles. The third-order valence-corrected chi connectivity index (χ3v) is 4.90. The van der Waals surface area contributed by atoms with Crippen LogP contribution in [0.4, 0.5) is 0 Å². The van der Waals surface area contributed by atoms with E-state index in [2.05, 4.69) is 99.1 Å². The van der Waals surface area contributed by atoms with E-state index in [1.54, 1.807) is 0 Å². The molecule has 0 unspecified atom stereocenters. The summed E-state index contributed by atoms with van der Waals surface area (Å²) in [5, 5.41) is 0. The summed E-state index contributed by atoms with van der Waals surface area (Å²) in [6, 6.07) is 16.7. The molecule has 0 atom stereocenters. The van der Waals surface area contributed by atoms with Crippen molar-refractivity contribution in [2.45, 2.75) is 69.2 Å². The number of aryl methyl sites for hydroxylation is 2. The average molecular weight is 505 g/mol. The predicted octanol–water partition coefficient (Wildman–Crippen LogP) is 11.0. The van der Waals surface area contributed by atoms with Gasteiger partial charge >= 0.3 is 0 Å². The zero-order chi connectivity index (χ0) is 29.0. The molecule has 2 aromatic carbocycles. The molecule has 0 N–H and O–H groups in total. The van der Waals surface area contributed by atoms with Crippen molar-refractivity contribution in [2.24, 2.45) is 0 Å². The Bertz CT molecular complexity index is 1170. The van der Waals surface area contributed by atoms with Gasteiger partial charge in [0.15, 0.2) is 0 Å². The minimum absolute atomic E-state index is 1.09. The molecule has 0 fully saturated rings. The molecule has 0 aliphatic rings. The van der Waals surface area contributed by atoms with E-state index < -0.39 is 0 Å². The molecule has 0 nitrogen and oxygen atoms in total. The van der Waals surface area contributed by atoms with Crippen molar-refractivity contribution in [3.63, 3.8) is 0 Å². The first kappa shape index (κ1) is 36.2. The predicted molar refractivity (Wildman–Crippen MR) is 175 cm³/mol. The summed E-state index contributed by atoms with van der Waals surface area (Å²) in [7, 11) is 0. The van der Waals surface area contributed by atoms with Crippen LogP contribution < -0.4 is 0 Å². The molecule has 2 aromatic rings. The molecule has 0 radical (unpaired) electrons. The first-order chi connectivity index (χ1) is 18.3. The molecule has 38 heavy (non-hydrogen) atoms. The molecule has 0 amide bonds. The monoisotopic (exact) mass is 504 g/mol. The van der Waals surface area contributed by atoms with Gasteiger partial charge in [-0.1, -0.05) is 125 Å². The number of hydrogen-bond donors (Lipinski definition) is 0. The smallest absolute Gasteiger partial charge is 0.0245 e. The Kier molecular flexibility index (Phi) is 24.8. The van der Waals surface area contributed by atoms with Crippen molar-refractivity contribution < 1.29 is 0 Å². The largest absolute Gasteiger partial charge is 0.102 e. The maximum Gasteiger partial charge on any atom is 0.0245 e. The second-order valence-corrected chi connectivity index (χ2v) is 8.33. The molecule has 0 saturated carbocycles. The molecule has 0 saturated heterocycles. The van der Waals surface area contributed by atoms with Crippen LogP contribution in [0.2, 0.25) is 0 Å². The van der Waals surface area contributed by atoms with Gasteiger partial charge < -0.3 is 0 Å². The van der Waals surface area contributed by atoms with Gasteiger partial charge in [-0.05, 0) is 93.0 Å². The fourth-order valence-electron chi connectivity index (χ4n) is 2.42. The summed E-state index contributed by atoms with van der Waals surface area (Å²) < 4.78 is 0. The Morgan fingerprint density at radius 3 is 1.61 bits per heavy atom. The van der Waals surface area contributed by atoms with E-state index in [0.29, 0.717) is 0 Å². The second kappa shape index (κ2) is 26.1. The van der Waals surface area contributed by atoms with E-state index in [9.17, 15) is 0 Å². The van der Waals surface area contributed by atoms with Crippen molar-refractivity contribution in [2.75, 3.05) is 0 Å². The lowest BCUT2D eigenvalue weighted by molar-refractivity contribution is 1.46. The van der Waals surface area contributed by atoms with Crippen LogP contribution in [0.3, 0.4) is 0 Å². The standard InChI is InChI=1S/C10H12.C10H10.C9H14.C9H12/c2*1-3-4-10-7-5-9(2)6-8-10;2*1-4-6-7-8-9(3)5-2/h3-8H,1-2H3;5-8H,1-2H3;4-8H,1-3H3;5,7-8H,1-3H3/b4-3+;;6-4+,8-7+,9-5+;8-7+,9-5+. The van der Waals surface area contributed by atoms with Crippen LogP contribution in [-0.2, 0) is 0 Å². The average Bonchev–Trinajstić information content (AvgIpc) is 2.93. The molecule has 0 heteroatoms. The quantitative estimate of drug-likeness (QED) is 0.287. The molecule has 0 heterocycles. The fraction of sp³-hybridized carbons (Fsp3) is 0.263. The molecule has 0 aromatic heterocycles. The zero-order valence-electron chi connectivity index (χ0n) is 25.4. The van der Waals surface area contributed by atoms with Gasteiger partial charge in [0.25, 0.3) is 0 Å². The molecule has 2 rings (SSSR count). The zero-order valence-corrected chi connectivity index (χ0v) is 25.4. The van der Waals surface area contributed by atoms with Crippen LogP contribution in [0.5, 0.6) is 0 Å². The van der Waals surface area contributed by atoms with Crippen LogP contribution in [-0.4, -0.2) is 0 Å². The van der Waals surface area contributed by atoms with Crippen LogP contribution in [0.1, 0.15) is 77.6 Å². The molecular weight excluding hydrogens is 456 g/mol. The van der Waals surface area contributed by atoms with Gasteiger partial charge in [0.05, 0.1) is 0 Å². The second-order valence-electron chi connectivity index (χ2n) is 8.33. The maximum absolute atomic E-state index is 2.98. The summed E-state index contributed by atoms with van der Waals surface area (Å²) in [5.74, 6) is 11.5. The van der Waals surface area contributed by atoms with Gasteiger partial charge in [-0.25, -0.2) is 0 Å². The lowest BCUT2D eigenvalue weighted by Gasteiger charge is -1.92. The molecule has 0 bridgehead atoms. The van der Waals surface area contributed by atoms with E-state index in [-0.39, 0.29) is 0 Å². The third-order valence-electron chi connectivity index (χ3n) is 4.90. The lowest BCUT2D eigenvalue weighted by Crippen LogP contribution is -1.73. The van der Waals surface area contributed by atoms with Crippen LogP contribution in [0.15, 0.2) is 114 Å². The number of benzene rings is 2. The van der Waals surface area contributed by atoms with E-state index in [4.69, 9.17) is 0 Å². The highest BCUT2D eigenvalue weighted by Crippen LogP contribution is 2.04. The Balaban J connectivity index is 0.